The number of nitrogens with one attached hydrogen (secondary N) is 1. The Morgan fingerprint density at radius 1 is 1.42 bits per heavy atom. The van der Waals surface area contributed by atoms with Gasteiger partial charge < -0.3 is 10.5 Å². The lowest BCUT2D eigenvalue weighted by Crippen LogP contribution is -2.44. The van der Waals surface area contributed by atoms with E-state index >= 15 is 0 Å². The van der Waals surface area contributed by atoms with E-state index < -0.39 is 0 Å². The van der Waals surface area contributed by atoms with Gasteiger partial charge in [0, 0.05) is 25.4 Å². The van der Waals surface area contributed by atoms with Crippen molar-refractivity contribution in [3.05, 3.63) is 29.8 Å². The van der Waals surface area contributed by atoms with Gasteiger partial charge in [0.2, 0.25) is 0 Å². The molecule has 3 rings (SSSR count). The Morgan fingerprint density at radius 2 is 2.26 bits per heavy atom. The second-order valence-electron chi connectivity index (χ2n) is 5.61. The highest BCUT2D eigenvalue weighted by atomic mass is 16.5. The molecule has 2 heterocycles. The molecular weight excluding hydrogens is 238 g/mol. The van der Waals surface area contributed by atoms with Crippen molar-refractivity contribution in [1.29, 1.82) is 5.41 Å². The van der Waals surface area contributed by atoms with Crippen LogP contribution in [0.15, 0.2) is 24.3 Å². The van der Waals surface area contributed by atoms with Crippen molar-refractivity contribution in [2.24, 2.45) is 11.7 Å². The van der Waals surface area contributed by atoms with Crippen LogP contribution in [-0.2, 0) is 6.42 Å². The number of amidine groups is 1. The summed E-state index contributed by atoms with van der Waals surface area (Å²) in [4.78, 5) is 2.39. The van der Waals surface area contributed by atoms with Crippen molar-refractivity contribution in [2.75, 3.05) is 19.6 Å². The van der Waals surface area contributed by atoms with E-state index in [2.05, 4.69) is 17.0 Å². The number of rotatable bonds is 3. The monoisotopic (exact) mass is 259 g/mol. The maximum Gasteiger partial charge on any atom is 0.123 e. The molecule has 0 amide bonds. The molecule has 3 N–H and O–H groups in total. The Morgan fingerprint density at radius 3 is 3.05 bits per heavy atom. The second kappa shape index (κ2) is 5.21. The van der Waals surface area contributed by atoms with E-state index in [4.69, 9.17) is 15.9 Å². The standard InChI is InChI=1S/C15H21N3O/c16-15(17)12-5-3-7-18(9-12)10-13-8-11-4-1-2-6-14(11)19-13/h1-2,4,6,12-13H,3,5,7-10H2,(H3,16,17). The van der Waals surface area contributed by atoms with Crippen molar-refractivity contribution >= 4 is 5.84 Å². The number of fused-ring (bicyclic) bond motifs is 1. The van der Waals surface area contributed by atoms with Crippen molar-refractivity contribution in [2.45, 2.75) is 25.4 Å². The predicted molar refractivity (Wildman–Crippen MR) is 75.6 cm³/mol. The Kier molecular flexibility index (Phi) is 3.42. The van der Waals surface area contributed by atoms with E-state index in [1.165, 1.54) is 5.56 Å². The maximum atomic E-state index is 7.59. The van der Waals surface area contributed by atoms with Crippen molar-refractivity contribution in [3.63, 3.8) is 0 Å². The molecule has 0 spiro atoms. The largest absolute Gasteiger partial charge is 0.488 e. The lowest BCUT2D eigenvalue weighted by Gasteiger charge is -2.33. The third kappa shape index (κ3) is 2.73. The van der Waals surface area contributed by atoms with E-state index in [1.54, 1.807) is 0 Å². The second-order valence-corrected chi connectivity index (χ2v) is 5.61. The van der Waals surface area contributed by atoms with Gasteiger partial charge in [0.05, 0.1) is 5.84 Å². The van der Waals surface area contributed by atoms with E-state index in [0.717, 1.165) is 44.6 Å². The molecule has 0 bridgehead atoms. The average Bonchev–Trinajstić information content (AvgIpc) is 2.81. The number of para-hydroxylation sites is 1. The Labute approximate surface area is 114 Å². The fourth-order valence-electron chi connectivity index (χ4n) is 3.12. The van der Waals surface area contributed by atoms with Crippen LogP contribution in [0.3, 0.4) is 0 Å². The van der Waals surface area contributed by atoms with E-state index in [-0.39, 0.29) is 12.0 Å². The van der Waals surface area contributed by atoms with Crippen LogP contribution in [-0.4, -0.2) is 36.5 Å². The molecule has 1 aromatic carbocycles. The molecule has 0 radical (unpaired) electrons. The predicted octanol–water partition coefficient (Wildman–Crippen LogP) is 1.64. The lowest BCUT2D eigenvalue weighted by molar-refractivity contribution is 0.124. The summed E-state index contributed by atoms with van der Waals surface area (Å²) in [7, 11) is 0. The molecule has 0 aromatic heterocycles. The molecule has 102 valence electrons. The number of likely N-dealkylation sites (tertiary alicyclic amines) is 1. The van der Waals surface area contributed by atoms with Gasteiger partial charge in [-0.05, 0) is 31.0 Å². The van der Waals surface area contributed by atoms with Crippen LogP contribution < -0.4 is 10.5 Å². The van der Waals surface area contributed by atoms with Crippen molar-refractivity contribution in [3.8, 4) is 5.75 Å². The highest BCUT2D eigenvalue weighted by Gasteiger charge is 2.28. The molecule has 0 aliphatic carbocycles. The fraction of sp³-hybridized carbons (Fsp3) is 0.533. The van der Waals surface area contributed by atoms with Crippen LogP contribution in [0.4, 0.5) is 0 Å². The molecule has 2 unspecified atom stereocenters. The molecule has 1 fully saturated rings. The molecule has 1 saturated heterocycles. The number of hydrogen-bond donors (Lipinski definition) is 2. The van der Waals surface area contributed by atoms with Gasteiger partial charge in [0.15, 0.2) is 0 Å². The highest BCUT2D eigenvalue weighted by Crippen LogP contribution is 2.29. The van der Waals surface area contributed by atoms with Crippen LogP contribution in [0.25, 0.3) is 0 Å². The van der Waals surface area contributed by atoms with E-state index in [1.807, 2.05) is 12.1 Å². The Balaban J connectivity index is 1.57. The first kappa shape index (κ1) is 12.5. The number of nitrogens with two attached hydrogens (primary N) is 1. The van der Waals surface area contributed by atoms with Gasteiger partial charge in [0.1, 0.15) is 11.9 Å². The molecule has 4 heteroatoms. The number of piperidine rings is 1. The number of hydrogen-bond acceptors (Lipinski definition) is 3. The van der Waals surface area contributed by atoms with Crippen LogP contribution >= 0.6 is 0 Å². The third-order valence-electron chi connectivity index (χ3n) is 4.12. The summed E-state index contributed by atoms with van der Waals surface area (Å²) in [6.45, 7) is 2.95. The molecule has 1 aromatic rings. The zero-order valence-electron chi connectivity index (χ0n) is 11.1. The first-order valence-corrected chi connectivity index (χ1v) is 7.03. The number of ether oxygens (including phenoxy) is 1. The lowest BCUT2D eigenvalue weighted by atomic mass is 9.96. The first-order valence-electron chi connectivity index (χ1n) is 7.03. The molecule has 2 atom stereocenters. The molecular formula is C15H21N3O. The molecule has 4 nitrogen and oxygen atoms in total. The van der Waals surface area contributed by atoms with Gasteiger partial charge in [-0.15, -0.1) is 0 Å². The van der Waals surface area contributed by atoms with Crippen LogP contribution in [0.1, 0.15) is 18.4 Å². The molecule has 19 heavy (non-hydrogen) atoms. The van der Waals surface area contributed by atoms with Gasteiger partial charge in [-0.1, -0.05) is 18.2 Å². The van der Waals surface area contributed by atoms with Crippen LogP contribution in [0.5, 0.6) is 5.75 Å². The van der Waals surface area contributed by atoms with Crippen LogP contribution in [0.2, 0.25) is 0 Å². The quantitative estimate of drug-likeness (QED) is 0.641. The molecule has 2 aliphatic rings. The summed E-state index contributed by atoms with van der Waals surface area (Å²) >= 11 is 0. The molecule has 2 aliphatic heterocycles. The number of benzene rings is 1. The summed E-state index contributed by atoms with van der Waals surface area (Å²) in [5.41, 5.74) is 6.94. The fourth-order valence-corrected chi connectivity index (χ4v) is 3.12. The van der Waals surface area contributed by atoms with Gasteiger partial charge in [-0.3, -0.25) is 10.3 Å². The normalized spacial score (nSPS) is 26.7. The summed E-state index contributed by atoms with van der Waals surface area (Å²) < 4.78 is 5.98. The summed E-state index contributed by atoms with van der Waals surface area (Å²) in [5, 5.41) is 7.59. The van der Waals surface area contributed by atoms with Gasteiger partial charge in [-0.2, -0.15) is 0 Å². The third-order valence-corrected chi connectivity index (χ3v) is 4.12. The van der Waals surface area contributed by atoms with Crippen molar-refractivity contribution in [1.82, 2.24) is 4.90 Å². The minimum Gasteiger partial charge on any atom is -0.488 e. The summed E-state index contributed by atoms with van der Waals surface area (Å²) in [5.74, 6) is 1.60. The Hall–Kier alpha value is -1.55. The first-order chi connectivity index (χ1) is 9.22. The van der Waals surface area contributed by atoms with Crippen molar-refractivity contribution < 1.29 is 4.74 Å². The van der Waals surface area contributed by atoms with E-state index in [0.29, 0.717) is 5.84 Å². The topological polar surface area (TPSA) is 62.3 Å². The van der Waals surface area contributed by atoms with Gasteiger partial charge >= 0.3 is 0 Å². The van der Waals surface area contributed by atoms with Gasteiger partial charge in [-0.25, -0.2) is 0 Å². The Bertz CT molecular complexity index is 449. The number of nitrogens with zero attached hydrogens (tertiary/aromatic N) is 1. The minimum absolute atomic E-state index is 0.234. The minimum atomic E-state index is 0.234. The zero-order chi connectivity index (χ0) is 13.2. The van der Waals surface area contributed by atoms with E-state index in [9.17, 15) is 0 Å². The smallest absolute Gasteiger partial charge is 0.123 e. The zero-order valence-corrected chi connectivity index (χ0v) is 11.1. The maximum absolute atomic E-state index is 7.59. The molecule has 0 saturated carbocycles. The average molecular weight is 259 g/mol. The van der Waals surface area contributed by atoms with Crippen LogP contribution in [0, 0.1) is 11.3 Å². The summed E-state index contributed by atoms with van der Waals surface area (Å²) in [6, 6.07) is 8.28. The highest BCUT2D eigenvalue weighted by molar-refractivity contribution is 5.79. The summed E-state index contributed by atoms with van der Waals surface area (Å²) in [6.07, 6.45) is 3.43. The van der Waals surface area contributed by atoms with Gasteiger partial charge in [0.25, 0.3) is 0 Å². The SMILES string of the molecule is N=C(N)C1CCCN(CC2Cc3ccccc3O2)C1.